The zero-order chi connectivity index (χ0) is 21.7. The first-order chi connectivity index (χ1) is 14.2. The van der Waals surface area contributed by atoms with Gasteiger partial charge in [0.1, 0.15) is 5.04 Å². The quantitative estimate of drug-likeness (QED) is 0.713. The van der Waals surface area contributed by atoms with E-state index < -0.39 is 5.91 Å². The van der Waals surface area contributed by atoms with Crippen LogP contribution >= 0.6 is 11.8 Å². The number of amidine groups is 2. The molecule has 0 saturated heterocycles. The van der Waals surface area contributed by atoms with Gasteiger partial charge in [-0.25, -0.2) is 0 Å². The van der Waals surface area contributed by atoms with E-state index in [9.17, 15) is 4.79 Å². The van der Waals surface area contributed by atoms with Crippen LogP contribution in [0.25, 0.3) is 11.8 Å². The van der Waals surface area contributed by atoms with Crippen LogP contribution in [0.5, 0.6) is 0 Å². The third-order valence-corrected chi connectivity index (χ3v) is 6.54. The summed E-state index contributed by atoms with van der Waals surface area (Å²) in [6, 6.07) is 8.43. The molecule has 1 amide bonds. The molecule has 0 unspecified atom stereocenters. The van der Waals surface area contributed by atoms with Gasteiger partial charge in [-0.15, -0.1) is 0 Å². The first-order valence-corrected chi connectivity index (χ1v) is 10.8. The molecule has 1 N–H and O–H groups in total. The van der Waals surface area contributed by atoms with Gasteiger partial charge in [0.25, 0.3) is 5.91 Å². The molecule has 0 atom stereocenters. The van der Waals surface area contributed by atoms with Gasteiger partial charge in [0.2, 0.25) is 5.17 Å². The van der Waals surface area contributed by atoms with Crippen LogP contribution in [0.15, 0.2) is 39.9 Å². The molecule has 3 heterocycles. The molecule has 0 spiro atoms. The molecule has 0 radical (unpaired) electrons. The van der Waals surface area contributed by atoms with Crippen LogP contribution < -0.4 is 0 Å². The Morgan fingerprint density at radius 1 is 1.13 bits per heavy atom. The molecule has 4 rings (SSSR count). The Morgan fingerprint density at radius 3 is 2.53 bits per heavy atom. The summed E-state index contributed by atoms with van der Waals surface area (Å²) >= 11 is 1.36. The van der Waals surface area contributed by atoms with Crippen LogP contribution in [0.3, 0.4) is 0 Å². The first-order valence-electron chi connectivity index (χ1n) is 9.94. The van der Waals surface area contributed by atoms with Gasteiger partial charge in [-0.1, -0.05) is 31.5 Å². The molecule has 154 valence electrons. The summed E-state index contributed by atoms with van der Waals surface area (Å²) in [5, 5.41) is 15.8. The van der Waals surface area contributed by atoms with E-state index >= 15 is 0 Å². The lowest BCUT2D eigenvalue weighted by atomic mass is 10.1. The molecule has 1 aromatic carbocycles. The predicted octanol–water partition coefficient (Wildman–Crippen LogP) is 4.99. The molecular formula is C23H25N5OS. The number of fused-ring (bicyclic) bond motifs is 1. The number of nitrogens with zero attached hydrogens (tertiary/aromatic N) is 4. The standard InChI is InChI=1S/C23H25N5OS/c1-12(2)22-26-28-20(24)18(21(29)25-23(28)30-22)11-17-10-15(5)27(16(17)6)19-8-7-13(3)9-14(19)4/h7-12,24H,1-6H3/b18-11-,24-20?. The highest BCUT2D eigenvalue weighted by Gasteiger charge is 2.36. The van der Waals surface area contributed by atoms with Gasteiger partial charge in [-0.05, 0) is 68.8 Å². The highest BCUT2D eigenvalue weighted by molar-refractivity contribution is 8.27. The second-order valence-corrected chi connectivity index (χ2v) is 9.05. The number of hydrazone groups is 1. The lowest BCUT2D eigenvalue weighted by molar-refractivity contribution is -0.114. The van der Waals surface area contributed by atoms with Crippen molar-refractivity contribution < 1.29 is 4.79 Å². The minimum absolute atomic E-state index is 0.0736. The Balaban J connectivity index is 1.76. The van der Waals surface area contributed by atoms with E-state index in [0.717, 1.165) is 27.7 Å². The number of carbonyl (C=O) groups is 1. The topological polar surface area (TPSA) is 73.8 Å². The summed E-state index contributed by atoms with van der Waals surface area (Å²) in [4.78, 5) is 16.9. The second kappa shape index (κ2) is 7.40. The maximum absolute atomic E-state index is 12.7. The van der Waals surface area contributed by atoms with Crippen molar-refractivity contribution in [3.63, 3.8) is 0 Å². The summed E-state index contributed by atoms with van der Waals surface area (Å²) in [5.41, 5.74) is 6.78. The van der Waals surface area contributed by atoms with Crippen molar-refractivity contribution in [1.29, 1.82) is 5.41 Å². The second-order valence-electron chi connectivity index (χ2n) is 8.06. The van der Waals surface area contributed by atoms with Crippen LogP contribution in [0.1, 0.15) is 41.9 Å². The Labute approximate surface area is 180 Å². The average Bonchev–Trinajstić information content (AvgIpc) is 3.21. The Bertz CT molecular complexity index is 1180. The number of aromatic nitrogens is 1. The zero-order valence-corrected chi connectivity index (χ0v) is 18.9. The smallest absolute Gasteiger partial charge is 0.283 e. The Kier molecular flexibility index (Phi) is 5.02. The maximum atomic E-state index is 12.7. The third kappa shape index (κ3) is 3.33. The minimum atomic E-state index is -0.393. The Morgan fingerprint density at radius 2 is 1.87 bits per heavy atom. The van der Waals surface area contributed by atoms with Gasteiger partial charge >= 0.3 is 0 Å². The number of rotatable bonds is 3. The van der Waals surface area contributed by atoms with E-state index in [0.29, 0.717) is 5.17 Å². The molecule has 0 fully saturated rings. The average molecular weight is 420 g/mol. The van der Waals surface area contributed by atoms with Crippen molar-refractivity contribution in [3.05, 3.63) is 57.9 Å². The Hall–Kier alpha value is -2.93. The van der Waals surface area contributed by atoms with E-state index in [-0.39, 0.29) is 17.3 Å². The molecule has 0 aliphatic carbocycles. The first kappa shape index (κ1) is 20.3. The largest absolute Gasteiger partial charge is 0.318 e. The SMILES string of the molecule is Cc1ccc(-n2c(C)cc(/C=C3/C(=N)N4N=C(C(C)C)SC4=NC3=O)c2C)c(C)c1. The summed E-state index contributed by atoms with van der Waals surface area (Å²) in [5.74, 6) is -0.102. The van der Waals surface area contributed by atoms with Gasteiger partial charge in [0.05, 0.1) is 5.57 Å². The molecule has 2 aromatic rings. The van der Waals surface area contributed by atoms with E-state index in [2.05, 4.69) is 53.6 Å². The number of amides is 1. The fraction of sp³-hybridized carbons (Fsp3) is 0.304. The molecule has 2 aliphatic rings. The van der Waals surface area contributed by atoms with Crippen molar-refractivity contribution >= 4 is 39.8 Å². The number of benzene rings is 1. The van der Waals surface area contributed by atoms with E-state index in [1.54, 1.807) is 6.08 Å². The van der Waals surface area contributed by atoms with Gasteiger partial charge in [0.15, 0.2) is 5.84 Å². The number of nitrogens with one attached hydrogen (secondary N) is 1. The van der Waals surface area contributed by atoms with Crippen LogP contribution in [0.4, 0.5) is 0 Å². The molecule has 0 saturated carbocycles. The van der Waals surface area contributed by atoms with Gasteiger partial charge in [-0.2, -0.15) is 15.1 Å². The number of thioether (sulfide) groups is 1. The molecular weight excluding hydrogens is 394 g/mol. The van der Waals surface area contributed by atoms with E-state index in [4.69, 9.17) is 5.41 Å². The fourth-order valence-electron chi connectivity index (χ4n) is 3.76. The van der Waals surface area contributed by atoms with E-state index in [1.165, 1.54) is 27.9 Å². The number of carbonyl (C=O) groups excluding carboxylic acids is 1. The molecule has 6 nitrogen and oxygen atoms in total. The number of aliphatic imine (C=N–C) groups is 1. The number of aryl methyl sites for hydroxylation is 3. The third-order valence-electron chi connectivity index (χ3n) is 5.33. The van der Waals surface area contributed by atoms with Crippen LogP contribution in [0.2, 0.25) is 0 Å². The van der Waals surface area contributed by atoms with Crippen molar-refractivity contribution in [3.8, 4) is 5.69 Å². The summed E-state index contributed by atoms with van der Waals surface area (Å²) in [6.07, 6.45) is 1.76. The van der Waals surface area contributed by atoms with Gasteiger partial charge < -0.3 is 4.57 Å². The zero-order valence-electron chi connectivity index (χ0n) is 18.1. The molecule has 0 bridgehead atoms. The van der Waals surface area contributed by atoms with Crippen molar-refractivity contribution in [2.45, 2.75) is 41.5 Å². The van der Waals surface area contributed by atoms with Crippen LogP contribution in [-0.2, 0) is 4.79 Å². The molecule has 1 aromatic heterocycles. The van der Waals surface area contributed by atoms with E-state index in [1.807, 2.05) is 26.8 Å². The number of hydrogen-bond donors (Lipinski definition) is 1. The minimum Gasteiger partial charge on any atom is -0.318 e. The predicted molar refractivity (Wildman–Crippen MR) is 125 cm³/mol. The summed E-state index contributed by atoms with van der Waals surface area (Å²) in [6.45, 7) is 12.3. The maximum Gasteiger partial charge on any atom is 0.283 e. The van der Waals surface area contributed by atoms with Crippen LogP contribution in [-0.4, -0.2) is 31.5 Å². The highest BCUT2D eigenvalue weighted by atomic mass is 32.2. The summed E-state index contributed by atoms with van der Waals surface area (Å²) < 4.78 is 2.19. The summed E-state index contributed by atoms with van der Waals surface area (Å²) in [7, 11) is 0. The molecule has 2 aliphatic heterocycles. The van der Waals surface area contributed by atoms with Crippen molar-refractivity contribution in [2.24, 2.45) is 16.0 Å². The van der Waals surface area contributed by atoms with Gasteiger partial charge in [0, 0.05) is 23.0 Å². The van der Waals surface area contributed by atoms with Crippen molar-refractivity contribution in [1.82, 2.24) is 9.58 Å². The lowest BCUT2D eigenvalue weighted by Crippen LogP contribution is -2.35. The van der Waals surface area contributed by atoms with Crippen LogP contribution in [0, 0.1) is 39.0 Å². The highest BCUT2D eigenvalue weighted by Crippen LogP contribution is 2.32. The number of hydrogen-bond acceptors (Lipinski definition) is 4. The molecule has 7 heteroatoms. The monoisotopic (exact) mass is 419 g/mol. The molecule has 30 heavy (non-hydrogen) atoms. The van der Waals surface area contributed by atoms with Gasteiger partial charge in [-0.3, -0.25) is 10.2 Å². The normalized spacial score (nSPS) is 17.7. The fourth-order valence-corrected chi connectivity index (χ4v) is 4.65. The lowest BCUT2D eigenvalue weighted by Gasteiger charge is -2.20. The van der Waals surface area contributed by atoms with Crippen molar-refractivity contribution in [2.75, 3.05) is 0 Å².